The molecular formula is C19H15ClN2O4. The quantitative estimate of drug-likeness (QED) is 0.455. The molecule has 6 atom stereocenters. The molecule has 2 bridgehead atoms. The van der Waals surface area contributed by atoms with Crippen LogP contribution in [0.15, 0.2) is 29.4 Å². The summed E-state index contributed by atoms with van der Waals surface area (Å²) in [6.07, 6.45) is 6.89. The molecule has 132 valence electrons. The zero-order valence-corrected chi connectivity index (χ0v) is 14.4. The number of hydrogen-bond donors (Lipinski definition) is 0. The van der Waals surface area contributed by atoms with Crippen molar-refractivity contribution >= 4 is 29.6 Å². The molecule has 1 aromatic rings. The standard InChI is InChI=1S/C19H15ClN2O4/c20-13-5-15-14(25-7-26-15)3-8(13)6-21-22-18(23)16-9-1-2-10(12-4-11(9)12)17(16)19(22)24/h1-3,5-6,9-12,16-17H,4,7H2/b21-6+/t9-,10-,11-,12-,16+,17+/m1/s1. The van der Waals surface area contributed by atoms with Gasteiger partial charge in [0.05, 0.1) is 23.1 Å². The Balaban J connectivity index is 1.32. The summed E-state index contributed by atoms with van der Waals surface area (Å²) in [7, 11) is 0. The van der Waals surface area contributed by atoms with E-state index in [0.29, 0.717) is 33.9 Å². The zero-order valence-electron chi connectivity index (χ0n) is 13.7. The highest BCUT2D eigenvalue weighted by atomic mass is 35.5. The molecule has 0 spiro atoms. The maximum absolute atomic E-state index is 12.9. The fourth-order valence-electron chi connectivity index (χ4n) is 5.21. The first-order chi connectivity index (χ1) is 12.6. The van der Waals surface area contributed by atoms with Crippen LogP contribution in [0.2, 0.25) is 5.02 Å². The predicted molar refractivity (Wildman–Crippen MR) is 91.7 cm³/mol. The molecule has 3 fully saturated rings. The number of halogens is 1. The normalized spacial score (nSPS) is 38.3. The maximum Gasteiger partial charge on any atom is 0.254 e. The monoisotopic (exact) mass is 370 g/mol. The van der Waals surface area contributed by atoms with Gasteiger partial charge in [0, 0.05) is 11.6 Å². The van der Waals surface area contributed by atoms with Crippen molar-refractivity contribution in [3.63, 3.8) is 0 Å². The topological polar surface area (TPSA) is 68.2 Å². The van der Waals surface area contributed by atoms with Gasteiger partial charge in [0.2, 0.25) is 6.79 Å². The lowest BCUT2D eigenvalue weighted by Gasteiger charge is -2.37. The minimum absolute atomic E-state index is 0.150. The molecule has 2 saturated carbocycles. The molecule has 6 nitrogen and oxygen atoms in total. The number of carbonyl (C=O) groups is 2. The molecule has 2 aliphatic heterocycles. The summed E-state index contributed by atoms with van der Waals surface area (Å²) in [5.41, 5.74) is 0.579. The van der Waals surface area contributed by atoms with Crippen molar-refractivity contribution in [2.45, 2.75) is 6.42 Å². The Morgan fingerprint density at radius 2 is 1.65 bits per heavy atom. The van der Waals surface area contributed by atoms with Gasteiger partial charge in [0.25, 0.3) is 11.8 Å². The van der Waals surface area contributed by atoms with E-state index in [1.165, 1.54) is 6.21 Å². The first-order valence-electron chi connectivity index (χ1n) is 8.83. The lowest BCUT2D eigenvalue weighted by molar-refractivity contribution is -0.140. The number of hydrogen-bond acceptors (Lipinski definition) is 5. The second-order valence-corrected chi connectivity index (χ2v) is 8.02. The molecule has 6 aliphatic rings. The van der Waals surface area contributed by atoms with Crippen molar-refractivity contribution in [1.29, 1.82) is 0 Å². The van der Waals surface area contributed by atoms with Crippen molar-refractivity contribution in [3.05, 3.63) is 34.9 Å². The number of rotatable bonds is 2. The summed E-state index contributed by atoms with van der Waals surface area (Å²) in [5.74, 6) is 1.85. The number of hydrazone groups is 1. The lowest BCUT2D eigenvalue weighted by Crippen LogP contribution is -2.40. The van der Waals surface area contributed by atoms with Gasteiger partial charge >= 0.3 is 0 Å². The Labute approximate surface area is 154 Å². The molecule has 1 aromatic carbocycles. The number of amides is 2. The SMILES string of the molecule is O=C1[C@H]2[C@@H]3C=C[C@H]([C@H]4C[C@H]34)[C@@H]2C(=O)N1/N=C/c1cc2c(cc1Cl)OCO2. The number of fused-ring (bicyclic) bond motifs is 1. The molecule has 0 aromatic heterocycles. The van der Waals surface area contributed by atoms with Crippen LogP contribution in [0.1, 0.15) is 12.0 Å². The molecule has 4 aliphatic carbocycles. The number of imide groups is 1. The van der Waals surface area contributed by atoms with Crippen molar-refractivity contribution in [2.75, 3.05) is 6.79 Å². The van der Waals surface area contributed by atoms with Crippen LogP contribution in [-0.2, 0) is 9.59 Å². The maximum atomic E-state index is 12.9. The van der Waals surface area contributed by atoms with E-state index < -0.39 is 0 Å². The van der Waals surface area contributed by atoms with Crippen LogP contribution in [0.5, 0.6) is 11.5 Å². The van der Waals surface area contributed by atoms with Gasteiger partial charge in [-0.15, -0.1) is 0 Å². The Bertz CT molecular complexity index is 890. The van der Waals surface area contributed by atoms with E-state index in [9.17, 15) is 9.59 Å². The molecule has 26 heavy (non-hydrogen) atoms. The van der Waals surface area contributed by atoms with Crippen LogP contribution in [-0.4, -0.2) is 29.8 Å². The first-order valence-corrected chi connectivity index (χ1v) is 9.20. The van der Waals surface area contributed by atoms with Gasteiger partial charge in [-0.1, -0.05) is 23.8 Å². The van der Waals surface area contributed by atoms with Gasteiger partial charge in [0.15, 0.2) is 11.5 Å². The third-order valence-electron chi connectivity index (χ3n) is 6.44. The second kappa shape index (κ2) is 4.88. The molecule has 0 radical (unpaired) electrons. The molecule has 2 heterocycles. The van der Waals surface area contributed by atoms with Gasteiger partial charge in [-0.3, -0.25) is 9.59 Å². The number of allylic oxidation sites excluding steroid dienone is 2. The molecule has 2 amide bonds. The largest absolute Gasteiger partial charge is 0.454 e. The number of carbonyl (C=O) groups excluding carboxylic acids is 2. The van der Waals surface area contributed by atoms with E-state index in [-0.39, 0.29) is 42.3 Å². The predicted octanol–water partition coefficient (Wildman–Crippen LogP) is 2.46. The summed E-state index contributed by atoms with van der Waals surface area (Å²) >= 11 is 6.24. The summed E-state index contributed by atoms with van der Waals surface area (Å²) < 4.78 is 10.6. The van der Waals surface area contributed by atoms with Gasteiger partial charge in [-0.25, -0.2) is 0 Å². The Morgan fingerprint density at radius 1 is 1.04 bits per heavy atom. The lowest BCUT2D eigenvalue weighted by atomic mass is 9.63. The highest BCUT2D eigenvalue weighted by Crippen LogP contribution is 2.65. The van der Waals surface area contributed by atoms with Gasteiger partial charge < -0.3 is 9.47 Å². The summed E-state index contributed by atoms with van der Waals surface area (Å²) in [6.45, 7) is 0.150. The minimum atomic E-state index is -0.245. The molecule has 1 saturated heterocycles. The second-order valence-electron chi connectivity index (χ2n) is 7.61. The fourth-order valence-corrected chi connectivity index (χ4v) is 5.41. The van der Waals surface area contributed by atoms with Crippen molar-refractivity contribution in [2.24, 2.45) is 40.6 Å². The van der Waals surface area contributed by atoms with Crippen molar-refractivity contribution in [3.8, 4) is 11.5 Å². The fraction of sp³-hybridized carbons (Fsp3) is 0.421. The Kier molecular flexibility index (Phi) is 2.78. The van der Waals surface area contributed by atoms with E-state index >= 15 is 0 Å². The van der Waals surface area contributed by atoms with Crippen LogP contribution >= 0.6 is 11.6 Å². The molecular weight excluding hydrogens is 356 g/mol. The number of nitrogens with zero attached hydrogens (tertiary/aromatic N) is 2. The summed E-state index contributed by atoms with van der Waals surface area (Å²) in [6, 6.07) is 3.35. The van der Waals surface area contributed by atoms with Gasteiger partial charge in [0.1, 0.15) is 0 Å². The van der Waals surface area contributed by atoms with E-state index in [1.807, 2.05) is 0 Å². The van der Waals surface area contributed by atoms with E-state index in [1.54, 1.807) is 12.1 Å². The molecule has 7 heteroatoms. The molecule has 7 rings (SSSR count). The highest BCUT2D eigenvalue weighted by molar-refractivity contribution is 6.33. The molecule has 0 unspecified atom stereocenters. The first kappa shape index (κ1) is 14.8. The van der Waals surface area contributed by atoms with Crippen LogP contribution in [0.3, 0.4) is 0 Å². The summed E-state index contributed by atoms with van der Waals surface area (Å²) in [5, 5.41) is 5.68. The van der Waals surface area contributed by atoms with E-state index in [4.69, 9.17) is 21.1 Å². The number of ether oxygens (including phenoxy) is 2. The number of benzene rings is 1. The van der Waals surface area contributed by atoms with Crippen LogP contribution < -0.4 is 9.47 Å². The Morgan fingerprint density at radius 3 is 2.31 bits per heavy atom. The van der Waals surface area contributed by atoms with E-state index in [0.717, 1.165) is 11.4 Å². The van der Waals surface area contributed by atoms with Gasteiger partial charge in [-0.05, 0) is 36.2 Å². The zero-order chi connectivity index (χ0) is 17.6. The van der Waals surface area contributed by atoms with Crippen molar-refractivity contribution < 1.29 is 19.1 Å². The summed E-state index contributed by atoms with van der Waals surface area (Å²) in [4.78, 5) is 25.8. The minimum Gasteiger partial charge on any atom is -0.454 e. The smallest absolute Gasteiger partial charge is 0.254 e. The molecule has 0 N–H and O–H groups in total. The van der Waals surface area contributed by atoms with Crippen LogP contribution in [0, 0.1) is 35.5 Å². The Hall–Kier alpha value is -2.34. The van der Waals surface area contributed by atoms with Crippen LogP contribution in [0.25, 0.3) is 0 Å². The van der Waals surface area contributed by atoms with Crippen molar-refractivity contribution in [1.82, 2.24) is 5.01 Å². The van der Waals surface area contributed by atoms with Crippen LogP contribution in [0.4, 0.5) is 0 Å². The third kappa shape index (κ3) is 1.80. The average molecular weight is 371 g/mol. The highest BCUT2D eigenvalue weighted by Gasteiger charge is 2.67. The van der Waals surface area contributed by atoms with E-state index in [2.05, 4.69) is 17.3 Å². The van der Waals surface area contributed by atoms with Gasteiger partial charge in [-0.2, -0.15) is 10.1 Å². The third-order valence-corrected chi connectivity index (χ3v) is 6.77. The average Bonchev–Trinajstić information content (AvgIpc) is 3.29.